The number of hydrogen-bond acceptors (Lipinski definition) is 7. The summed E-state index contributed by atoms with van der Waals surface area (Å²) in [6.45, 7) is 9.33. The van der Waals surface area contributed by atoms with Crippen LogP contribution in [-0.2, 0) is 24.4 Å². The van der Waals surface area contributed by atoms with Crippen molar-refractivity contribution < 1.29 is 27.6 Å². The maximum atomic E-state index is 12.7. The van der Waals surface area contributed by atoms with E-state index in [0.717, 1.165) is 11.3 Å². The Labute approximate surface area is 154 Å². The van der Waals surface area contributed by atoms with Crippen LogP contribution in [0.15, 0.2) is 20.1 Å². The van der Waals surface area contributed by atoms with Crippen molar-refractivity contribution in [2.24, 2.45) is 5.41 Å². The van der Waals surface area contributed by atoms with Gasteiger partial charge in [-0.05, 0) is 73.4 Å². The van der Waals surface area contributed by atoms with Crippen LogP contribution in [-0.4, -0.2) is 30.5 Å². The van der Waals surface area contributed by atoms with Gasteiger partial charge in [0.05, 0.1) is 5.41 Å². The van der Waals surface area contributed by atoms with Crippen molar-refractivity contribution in [3.63, 3.8) is 0 Å². The zero-order chi connectivity index (χ0) is 18.9. The van der Waals surface area contributed by atoms with E-state index in [1.165, 1.54) is 32.2 Å². The van der Waals surface area contributed by atoms with E-state index in [9.17, 15) is 18.0 Å². The molecule has 0 saturated heterocycles. The molecule has 0 spiro atoms. The van der Waals surface area contributed by atoms with Crippen molar-refractivity contribution >= 4 is 49.4 Å². The second kappa shape index (κ2) is 7.01. The fourth-order valence-corrected chi connectivity index (χ4v) is 4.67. The summed E-state index contributed by atoms with van der Waals surface area (Å²) in [7, 11) is -4.43. The molecule has 0 aromatic carbocycles. The molecule has 0 N–H and O–H groups in total. The molecule has 1 aromatic rings. The summed E-state index contributed by atoms with van der Waals surface area (Å²) < 4.78 is 30.6. The molecule has 1 amide bonds. The Morgan fingerprint density at radius 3 is 2.08 bits per heavy atom. The molecule has 0 atom stereocenters. The van der Waals surface area contributed by atoms with Gasteiger partial charge in [-0.3, -0.25) is 0 Å². The molecule has 0 aliphatic heterocycles. The molecule has 0 saturated carbocycles. The normalized spacial score (nSPS) is 12.6. The number of rotatable bonds is 2. The fraction of sp³-hybridized carbons (Fsp3) is 0.571. The minimum absolute atomic E-state index is 0.00241. The molecule has 0 aliphatic rings. The van der Waals surface area contributed by atoms with Crippen LogP contribution in [0.25, 0.3) is 0 Å². The predicted octanol–water partition coefficient (Wildman–Crippen LogP) is 3.94. The van der Waals surface area contributed by atoms with Gasteiger partial charge in [-0.2, -0.15) is 8.42 Å². The van der Waals surface area contributed by atoms with Gasteiger partial charge < -0.3 is 9.57 Å². The standard InChI is InChI=1S/C14H20BrNO6S2/c1-13(2,3)11(17)22-16(12(18)21-14(4,5)6)24(19,20)10-9(15)7-8-23-10/h7-8H,1-6H3. The van der Waals surface area contributed by atoms with Crippen LogP contribution in [0, 0.1) is 5.41 Å². The number of sulfonamides is 1. The Morgan fingerprint density at radius 2 is 1.71 bits per heavy atom. The maximum absolute atomic E-state index is 12.7. The van der Waals surface area contributed by atoms with E-state index in [1.54, 1.807) is 20.8 Å². The summed E-state index contributed by atoms with van der Waals surface area (Å²) in [4.78, 5) is 29.3. The number of thiophene rings is 1. The first-order chi connectivity index (χ1) is 10.7. The lowest BCUT2D eigenvalue weighted by atomic mass is 9.98. The van der Waals surface area contributed by atoms with Crippen molar-refractivity contribution in [2.75, 3.05) is 0 Å². The number of hydroxylamine groups is 1. The van der Waals surface area contributed by atoms with E-state index >= 15 is 0 Å². The summed E-state index contributed by atoms with van der Waals surface area (Å²) in [6.07, 6.45) is -1.29. The number of halogens is 1. The minimum Gasteiger partial charge on any atom is -0.441 e. The van der Waals surface area contributed by atoms with Gasteiger partial charge in [0, 0.05) is 4.47 Å². The molecule has 0 bridgehead atoms. The van der Waals surface area contributed by atoms with Crippen LogP contribution in [0.2, 0.25) is 0 Å². The van der Waals surface area contributed by atoms with Crippen LogP contribution < -0.4 is 0 Å². The quantitative estimate of drug-likeness (QED) is 0.645. The van der Waals surface area contributed by atoms with Crippen LogP contribution in [0.1, 0.15) is 41.5 Å². The first-order valence-electron chi connectivity index (χ1n) is 6.90. The smallest absolute Gasteiger partial charge is 0.441 e. The molecule has 0 aliphatic carbocycles. The Hall–Kier alpha value is -1.13. The molecule has 1 heterocycles. The van der Waals surface area contributed by atoms with Gasteiger partial charge in [0.25, 0.3) is 0 Å². The number of nitrogens with zero attached hydrogens (tertiary/aromatic N) is 1. The highest BCUT2D eigenvalue weighted by molar-refractivity contribution is 9.10. The summed E-state index contributed by atoms with van der Waals surface area (Å²) in [5, 5.41) is 1.52. The Balaban J connectivity index is 3.31. The number of hydrogen-bond donors (Lipinski definition) is 0. The summed E-state index contributed by atoms with van der Waals surface area (Å²) in [6, 6.07) is 1.51. The third kappa shape index (κ3) is 5.18. The van der Waals surface area contributed by atoms with Crippen LogP contribution in [0.4, 0.5) is 4.79 Å². The third-order valence-corrected chi connectivity index (χ3v) is 6.52. The number of amides is 1. The van der Waals surface area contributed by atoms with Crippen molar-refractivity contribution in [1.82, 2.24) is 4.47 Å². The Kier molecular flexibility index (Phi) is 6.11. The van der Waals surface area contributed by atoms with Crippen molar-refractivity contribution in [3.05, 3.63) is 15.9 Å². The predicted molar refractivity (Wildman–Crippen MR) is 92.8 cm³/mol. The first-order valence-corrected chi connectivity index (χ1v) is 10.0. The highest BCUT2D eigenvalue weighted by atomic mass is 79.9. The topological polar surface area (TPSA) is 90.0 Å². The van der Waals surface area contributed by atoms with E-state index in [1.807, 2.05) is 0 Å². The summed E-state index contributed by atoms with van der Waals surface area (Å²) in [5.41, 5.74) is -1.98. The molecular formula is C14H20BrNO6S2. The number of ether oxygens (including phenoxy) is 1. The van der Waals surface area contributed by atoms with Crippen molar-refractivity contribution in [1.29, 1.82) is 0 Å². The van der Waals surface area contributed by atoms with Crippen LogP contribution in [0.3, 0.4) is 0 Å². The SMILES string of the molecule is CC(C)(C)OC(=O)N(OC(=O)C(C)(C)C)S(=O)(=O)c1sccc1Br. The lowest BCUT2D eigenvalue weighted by molar-refractivity contribution is -0.176. The molecule has 1 rings (SSSR count). The second-order valence-corrected chi connectivity index (χ2v) is 10.6. The summed E-state index contributed by atoms with van der Waals surface area (Å²) in [5.74, 6) is -0.885. The second-order valence-electron chi connectivity index (χ2n) is 6.90. The van der Waals surface area contributed by atoms with E-state index < -0.39 is 33.1 Å². The average molecular weight is 442 g/mol. The van der Waals surface area contributed by atoms with Gasteiger partial charge in [0.1, 0.15) is 5.60 Å². The van der Waals surface area contributed by atoms with Crippen molar-refractivity contribution in [2.45, 2.75) is 51.4 Å². The fourth-order valence-electron chi connectivity index (χ4n) is 1.24. The van der Waals surface area contributed by atoms with Crippen molar-refractivity contribution in [3.8, 4) is 0 Å². The van der Waals surface area contributed by atoms with Gasteiger partial charge in [-0.15, -0.1) is 11.3 Å². The highest BCUT2D eigenvalue weighted by Crippen LogP contribution is 2.32. The molecule has 10 heteroatoms. The van der Waals surface area contributed by atoms with Gasteiger partial charge >= 0.3 is 22.1 Å². The van der Waals surface area contributed by atoms with E-state index in [-0.39, 0.29) is 13.2 Å². The molecule has 1 aromatic heterocycles. The molecule has 0 radical (unpaired) electrons. The lowest BCUT2D eigenvalue weighted by Gasteiger charge is -2.27. The maximum Gasteiger partial charge on any atom is 0.459 e. The molecule has 24 heavy (non-hydrogen) atoms. The van der Waals surface area contributed by atoms with Crippen LogP contribution >= 0.6 is 27.3 Å². The monoisotopic (exact) mass is 441 g/mol. The minimum atomic E-state index is -4.43. The first kappa shape index (κ1) is 20.9. The summed E-state index contributed by atoms with van der Waals surface area (Å²) >= 11 is 3.98. The Bertz CT molecular complexity index is 727. The zero-order valence-corrected chi connectivity index (χ0v) is 17.5. The molecule has 0 unspecified atom stereocenters. The van der Waals surface area contributed by atoms with E-state index in [4.69, 9.17) is 9.57 Å². The molecular weight excluding hydrogens is 422 g/mol. The molecule has 0 fully saturated rings. The Morgan fingerprint density at radius 1 is 1.17 bits per heavy atom. The largest absolute Gasteiger partial charge is 0.459 e. The zero-order valence-electron chi connectivity index (χ0n) is 14.2. The average Bonchev–Trinajstić information content (AvgIpc) is 2.78. The van der Waals surface area contributed by atoms with Crippen LogP contribution in [0.5, 0.6) is 0 Å². The van der Waals surface area contributed by atoms with Gasteiger partial charge in [0.2, 0.25) is 0 Å². The van der Waals surface area contributed by atoms with Gasteiger partial charge in [-0.25, -0.2) is 9.59 Å². The van der Waals surface area contributed by atoms with E-state index in [2.05, 4.69) is 15.9 Å². The molecule has 7 nitrogen and oxygen atoms in total. The molecule has 136 valence electrons. The van der Waals surface area contributed by atoms with Gasteiger partial charge in [-0.1, -0.05) is 0 Å². The lowest BCUT2D eigenvalue weighted by Crippen LogP contribution is -2.44. The highest BCUT2D eigenvalue weighted by Gasteiger charge is 2.41. The third-order valence-electron chi connectivity index (χ3n) is 2.36. The van der Waals surface area contributed by atoms with E-state index in [0.29, 0.717) is 0 Å². The van der Waals surface area contributed by atoms with Gasteiger partial charge in [0.15, 0.2) is 4.21 Å². The number of carbonyl (C=O) groups is 2. The number of carbonyl (C=O) groups excluding carboxylic acids is 2.